The SMILES string of the molecule is COCCNC(=NCC(=O)N(C)C)NC(C)COC1CCOC1.I. The van der Waals surface area contributed by atoms with Gasteiger partial charge in [0.25, 0.3) is 0 Å². The number of halogens is 1. The summed E-state index contributed by atoms with van der Waals surface area (Å²) in [6, 6.07) is 0.0684. The zero-order valence-corrected chi connectivity index (χ0v) is 17.4. The van der Waals surface area contributed by atoms with E-state index in [1.54, 1.807) is 21.2 Å². The zero-order chi connectivity index (χ0) is 17.1. The van der Waals surface area contributed by atoms with Crippen molar-refractivity contribution in [3.63, 3.8) is 0 Å². The highest BCUT2D eigenvalue weighted by atomic mass is 127. The monoisotopic (exact) mass is 458 g/mol. The number of aliphatic imine (C=N–C) groups is 1. The summed E-state index contributed by atoms with van der Waals surface area (Å²) in [7, 11) is 5.06. The molecule has 1 rings (SSSR count). The molecule has 1 heterocycles. The van der Waals surface area contributed by atoms with Crippen LogP contribution in [0.5, 0.6) is 0 Å². The van der Waals surface area contributed by atoms with Crippen molar-refractivity contribution < 1.29 is 19.0 Å². The first kappa shape index (κ1) is 23.4. The Morgan fingerprint density at radius 2 is 2.21 bits per heavy atom. The Morgan fingerprint density at radius 3 is 2.79 bits per heavy atom. The first-order valence-corrected chi connectivity index (χ1v) is 7.96. The number of guanidine groups is 1. The average Bonchev–Trinajstić information content (AvgIpc) is 3.03. The number of ether oxygens (including phenoxy) is 3. The van der Waals surface area contributed by atoms with Gasteiger partial charge < -0.3 is 29.7 Å². The van der Waals surface area contributed by atoms with Crippen molar-refractivity contribution in [2.24, 2.45) is 4.99 Å². The van der Waals surface area contributed by atoms with Crippen LogP contribution < -0.4 is 10.6 Å². The molecule has 0 spiro atoms. The van der Waals surface area contributed by atoms with Crippen LogP contribution in [-0.4, -0.2) is 89.6 Å². The summed E-state index contributed by atoms with van der Waals surface area (Å²) in [5.41, 5.74) is 0. The molecule has 2 N–H and O–H groups in total. The normalized spacial score (nSPS) is 18.7. The summed E-state index contributed by atoms with van der Waals surface area (Å²) < 4.78 is 16.1. The second kappa shape index (κ2) is 13.6. The molecule has 9 heteroatoms. The molecular weight excluding hydrogens is 427 g/mol. The Morgan fingerprint density at radius 1 is 1.46 bits per heavy atom. The van der Waals surface area contributed by atoms with Crippen LogP contribution in [0.3, 0.4) is 0 Å². The topological polar surface area (TPSA) is 84.4 Å². The number of nitrogens with one attached hydrogen (secondary N) is 2. The highest BCUT2D eigenvalue weighted by molar-refractivity contribution is 14.0. The fourth-order valence-electron chi connectivity index (χ4n) is 1.91. The van der Waals surface area contributed by atoms with Crippen LogP contribution in [0.2, 0.25) is 0 Å². The van der Waals surface area contributed by atoms with E-state index in [4.69, 9.17) is 14.2 Å². The fourth-order valence-corrected chi connectivity index (χ4v) is 1.91. The molecule has 24 heavy (non-hydrogen) atoms. The van der Waals surface area contributed by atoms with Crippen molar-refractivity contribution >= 4 is 35.8 Å². The van der Waals surface area contributed by atoms with Crippen molar-refractivity contribution in [2.75, 3.05) is 60.7 Å². The maximum Gasteiger partial charge on any atom is 0.243 e. The molecule has 0 saturated carbocycles. The van der Waals surface area contributed by atoms with Gasteiger partial charge in [0.15, 0.2) is 5.96 Å². The van der Waals surface area contributed by atoms with Crippen molar-refractivity contribution in [2.45, 2.75) is 25.5 Å². The number of hydrogen-bond donors (Lipinski definition) is 2. The van der Waals surface area contributed by atoms with Crippen LogP contribution in [0.1, 0.15) is 13.3 Å². The van der Waals surface area contributed by atoms with Gasteiger partial charge in [0.1, 0.15) is 6.54 Å². The predicted octanol–water partition coefficient (Wildman–Crippen LogP) is 0.0682. The third-order valence-corrected chi connectivity index (χ3v) is 3.32. The first-order chi connectivity index (χ1) is 11.0. The molecule has 1 saturated heterocycles. The van der Waals surface area contributed by atoms with Gasteiger partial charge in [0.2, 0.25) is 5.91 Å². The van der Waals surface area contributed by atoms with Gasteiger partial charge >= 0.3 is 0 Å². The lowest BCUT2D eigenvalue weighted by molar-refractivity contribution is -0.127. The number of methoxy groups -OCH3 is 1. The lowest BCUT2D eigenvalue weighted by Gasteiger charge is -2.20. The van der Waals surface area contributed by atoms with Gasteiger partial charge in [-0.2, -0.15) is 0 Å². The summed E-state index contributed by atoms with van der Waals surface area (Å²) in [4.78, 5) is 17.5. The maximum atomic E-state index is 11.7. The lowest BCUT2D eigenvalue weighted by atomic mass is 10.3. The third kappa shape index (κ3) is 10.3. The Bertz CT molecular complexity index is 376. The molecule has 0 aromatic carbocycles. The second-order valence-electron chi connectivity index (χ2n) is 5.74. The van der Waals surface area contributed by atoms with E-state index in [-0.39, 0.29) is 48.6 Å². The summed E-state index contributed by atoms with van der Waals surface area (Å²) in [6.07, 6.45) is 1.12. The van der Waals surface area contributed by atoms with Gasteiger partial charge in [-0.3, -0.25) is 4.79 Å². The van der Waals surface area contributed by atoms with Gasteiger partial charge in [-0.05, 0) is 13.3 Å². The molecule has 0 aromatic rings. The number of likely N-dealkylation sites (N-methyl/N-ethyl adjacent to an activating group) is 1. The van der Waals surface area contributed by atoms with E-state index >= 15 is 0 Å². The van der Waals surface area contributed by atoms with E-state index in [1.807, 2.05) is 6.92 Å². The third-order valence-electron chi connectivity index (χ3n) is 3.32. The van der Waals surface area contributed by atoms with Gasteiger partial charge in [-0.15, -0.1) is 24.0 Å². The predicted molar refractivity (Wildman–Crippen MR) is 104 cm³/mol. The second-order valence-corrected chi connectivity index (χ2v) is 5.74. The standard InChI is InChI=1S/C15H30N4O4.HI/c1-12(10-23-13-5-7-22-11-13)18-15(16-6-8-21-4)17-9-14(20)19(2)3;/h12-13H,5-11H2,1-4H3,(H2,16,17,18);1H. The van der Waals surface area contributed by atoms with Crippen molar-refractivity contribution in [1.29, 1.82) is 0 Å². The molecule has 0 aliphatic carbocycles. The summed E-state index contributed by atoms with van der Waals surface area (Å²) in [5, 5.41) is 6.38. The molecule has 1 aliphatic rings. The van der Waals surface area contributed by atoms with Crippen LogP contribution in [0.4, 0.5) is 0 Å². The fraction of sp³-hybridized carbons (Fsp3) is 0.867. The molecule has 2 unspecified atom stereocenters. The summed E-state index contributed by atoms with van der Waals surface area (Å²) in [5.74, 6) is 0.529. The molecule has 0 radical (unpaired) electrons. The molecule has 1 aliphatic heterocycles. The Labute approximate surface area is 161 Å². The van der Waals surface area contributed by atoms with Gasteiger partial charge in [0.05, 0.1) is 25.9 Å². The number of nitrogens with zero attached hydrogens (tertiary/aromatic N) is 2. The largest absolute Gasteiger partial charge is 0.383 e. The molecule has 142 valence electrons. The quantitative estimate of drug-likeness (QED) is 0.220. The van der Waals surface area contributed by atoms with E-state index in [0.717, 1.165) is 13.0 Å². The molecule has 0 bridgehead atoms. The van der Waals surface area contributed by atoms with E-state index < -0.39 is 0 Å². The van der Waals surface area contributed by atoms with Gasteiger partial charge in [-0.1, -0.05) is 0 Å². The van der Waals surface area contributed by atoms with Crippen LogP contribution in [-0.2, 0) is 19.0 Å². The van der Waals surface area contributed by atoms with Gasteiger partial charge in [0, 0.05) is 40.4 Å². The maximum absolute atomic E-state index is 11.7. The van der Waals surface area contributed by atoms with E-state index in [0.29, 0.717) is 32.3 Å². The summed E-state index contributed by atoms with van der Waals surface area (Å²) >= 11 is 0. The number of carbonyl (C=O) groups excluding carboxylic acids is 1. The Hall–Kier alpha value is -0.650. The number of amides is 1. The minimum absolute atomic E-state index is 0. The molecule has 1 fully saturated rings. The van der Waals surface area contributed by atoms with E-state index in [2.05, 4.69) is 15.6 Å². The van der Waals surface area contributed by atoms with E-state index in [1.165, 1.54) is 4.90 Å². The van der Waals surface area contributed by atoms with Crippen LogP contribution in [0, 0.1) is 0 Å². The van der Waals surface area contributed by atoms with Crippen LogP contribution >= 0.6 is 24.0 Å². The zero-order valence-electron chi connectivity index (χ0n) is 15.0. The number of rotatable bonds is 9. The first-order valence-electron chi connectivity index (χ1n) is 7.96. The number of carbonyl (C=O) groups is 1. The van der Waals surface area contributed by atoms with E-state index in [9.17, 15) is 4.79 Å². The minimum atomic E-state index is -0.0511. The molecule has 2 atom stereocenters. The minimum Gasteiger partial charge on any atom is -0.383 e. The van der Waals surface area contributed by atoms with Crippen LogP contribution in [0.15, 0.2) is 4.99 Å². The van der Waals surface area contributed by atoms with Crippen LogP contribution in [0.25, 0.3) is 0 Å². The molecule has 1 amide bonds. The van der Waals surface area contributed by atoms with Crippen molar-refractivity contribution in [1.82, 2.24) is 15.5 Å². The van der Waals surface area contributed by atoms with Crippen molar-refractivity contribution in [3.8, 4) is 0 Å². The van der Waals surface area contributed by atoms with Crippen molar-refractivity contribution in [3.05, 3.63) is 0 Å². The molecule has 8 nitrogen and oxygen atoms in total. The molecule has 0 aromatic heterocycles. The molecular formula is C15H31IN4O4. The number of hydrogen-bond acceptors (Lipinski definition) is 5. The summed E-state index contributed by atoms with van der Waals surface area (Å²) in [6.45, 7) is 5.27. The average molecular weight is 458 g/mol. The van der Waals surface area contributed by atoms with Gasteiger partial charge in [-0.25, -0.2) is 4.99 Å². The smallest absolute Gasteiger partial charge is 0.243 e. The highest BCUT2D eigenvalue weighted by Gasteiger charge is 2.17. The lowest BCUT2D eigenvalue weighted by Crippen LogP contribution is -2.46. The Balaban J connectivity index is 0.00000529. The Kier molecular flexibility index (Phi) is 13.3. The highest BCUT2D eigenvalue weighted by Crippen LogP contribution is 2.08.